The lowest BCUT2D eigenvalue weighted by molar-refractivity contribution is -0.136. The van der Waals surface area contributed by atoms with Gasteiger partial charge in [-0.05, 0) is 49.0 Å². The van der Waals surface area contributed by atoms with E-state index in [1.165, 1.54) is 13.2 Å². The van der Waals surface area contributed by atoms with Crippen molar-refractivity contribution in [3.05, 3.63) is 46.4 Å². The number of halogens is 2. The summed E-state index contributed by atoms with van der Waals surface area (Å²) in [4.78, 5) is 30.3. The molecule has 1 atom stereocenters. The van der Waals surface area contributed by atoms with E-state index < -0.39 is 0 Å². The number of carbonyl (C=O) groups is 2. The lowest BCUT2D eigenvalue weighted by Crippen LogP contribution is -2.41. The number of allylic oxidation sites excluding steroid dienone is 6. The Balaban J connectivity index is 1.86. The van der Waals surface area contributed by atoms with Crippen LogP contribution in [0.2, 0.25) is 0 Å². The molecule has 5 nitrogen and oxygen atoms in total. The maximum Gasteiger partial charge on any atom is 0.334 e. The van der Waals surface area contributed by atoms with E-state index in [0.29, 0.717) is 42.3 Å². The number of hydrogen-bond acceptors (Lipinski definition) is 4. The fourth-order valence-electron chi connectivity index (χ4n) is 3.58. The van der Waals surface area contributed by atoms with Crippen LogP contribution < -0.4 is 0 Å². The van der Waals surface area contributed by atoms with E-state index in [4.69, 9.17) is 4.74 Å². The highest BCUT2D eigenvalue weighted by Crippen LogP contribution is 2.37. The summed E-state index contributed by atoms with van der Waals surface area (Å²) in [5, 5.41) is 0.522. The monoisotopic (exact) mass is 411 g/mol. The number of rotatable bonds is 4. The normalized spacial score (nSPS) is 23.5. The van der Waals surface area contributed by atoms with Crippen LogP contribution in [0.25, 0.3) is 0 Å². The van der Waals surface area contributed by atoms with Crippen molar-refractivity contribution in [3.63, 3.8) is 0 Å². The molecule has 3 aliphatic rings. The zero-order chi connectivity index (χ0) is 18.0. The van der Waals surface area contributed by atoms with Gasteiger partial charge in [-0.15, -0.1) is 0 Å². The van der Waals surface area contributed by atoms with Gasteiger partial charge in [-0.1, -0.05) is 15.9 Å². The summed E-state index contributed by atoms with van der Waals surface area (Å²) in [6, 6.07) is 0. The molecule has 2 aliphatic carbocycles. The Morgan fingerprint density at radius 2 is 2.20 bits per heavy atom. The van der Waals surface area contributed by atoms with Gasteiger partial charge < -0.3 is 9.64 Å². The molecule has 0 radical (unpaired) electrons. The van der Waals surface area contributed by atoms with Gasteiger partial charge in [0, 0.05) is 39.7 Å². The van der Waals surface area contributed by atoms with E-state index in [2.05, 4.69) is 20.9 Å². The molecule has 0 saturated carbocycles. The zero-order valence-corrected chi connectivity index (χ0v) is 15.5. The van der Waals surface area contributed by atoms with Crippen molar-refractivity contribution in [1.29, 1.82) is 0 Å². The first-order chi connectivity index (χ1) is 12.1. The Hall–Kier alpha value is -1.89. The molecule has 1 unspecified atom stereocenters. The second kappa shape index (κ2) is 7.56. The molecular weight excluding hydrogens is 393 g/mol. The van der Waals surface area contributed by atoms with Gasteiger partial charge in [0.2, 0.25) is 0 Å². The molecule has 0 aromatic heterocycles. The van der Waals surface area contributed by atoms with E-state index in [0.717, 1.165) is 17.7 Å². The quantitative estimate of drug-likeness (QED) is 0.524. The molecule has 0 aromatic carbocycles. The highest BCUT2D eigenvalue weighted by Gasteiger charge is 2.36. The Morgan fingerprint density at radius 1 is 1.40 bits per heavy atom. The van der Waals surface area contributed by atoms with E-state index >= 15 is 0 Å². The van der Waals surface area contributed by atoms with Crippen LogP contribution in [-0.2, 0) is 19.3 Å². The second-order valence-electron chi connectivity index (χ2n) is 6.24. The molecule has 1 heterocycles. The largest absolute Gasteiger partial charge is 0.466 e. The molecule has 0 N–H and O–H groups in total. The molecule has 0 bridgehead atoms. The molecule has 1 fully saturated rings. The predicted molar refractivity (Wildman–Crippen MR) is 92.9 cm³/mol. The number of carbonyl (C=O) groups excluding carboxylic acids is 2. The van der Waals surface area contributed by atoms with Gasteiger partial charge in [0.15, 0.2) is 0 Å². The summed E-state index contributed by atoms with van der Waals surface area (Å²) in [5.41, 5.74) is 3.09. The van der Waals surface area contributed by atoms with Crippen molar-refractivity contribution in [3.8, 4) is 0 Å². The minimum atomic E-state index is -0.325. The minimum Gasteiger partial charge on any atom is -0.466 e. The molecule has 0 spiro atoms. The van der Waals surface area contributed by atoms with Gasteiger partial charge in [0.1, 0.15) is 5.76 Å². The number of piperidine rings is 1. The second-order valence-corrected chi connectivity index (χ2v) is 6.80. The summed E-state index contributed by atoms with van der Waals surface area (Å²) in [6.07, 6.45) is 7.40. The van der Waals surface area contributed by atoms with Crippen LogP contribution in [0, 0.1) is 5.92 Å². The number of fused-ring (bicyclic) bond motifs is 1. The molecule has 134 valence electrons. The first kappa shape index (κ1) is 17.9. The van der Waals surface area contributed by atoms with Gasteiger partial charge in [-0.2, -0.15) is 0 Å². The molecule has 25 heavy (non-hydrogen) atoms. The maximum absolute atomic E-state index is 12.9. The average Bonchev–Trinajstić information content (AvgIpc) is 2.66. The van der Waals surface area contributed by atoms with Gasteiger partial charge >= 0.3 is 5.97 Å². The van der Waals surface area contributed by atoms with Gasteiger partial charge in [0.05, 0.1) is 7.11 Å². The van der Waals surface area contributed by atoms with Crippen LogP contribution in [0.1, 0.15) is 25.7 Å². The van der Waals surface area contributed by atoms with E-state index in [1.807, 2.05) is 6.08 Å². The number of methoxy groups -OCH3 is 1. The van der Waals surface area contributed by atoms with Crippen LogP contribution in [0.4, 0.5) is 4.53 Å². The number of hydrogen-bond donors (Lipinski definition) is 0. The van der Waals surface area contributed by atoms with E-state index in [1.54, 1.807) is 11.0 Å². The van der Waals surface area contributed by atoms with Crippen molar-refractivity contribution < 1.29 is 23.8 Å². The molecule has 3 rings (SSSR count). The summed E-state index contributed by atoms with van der Waals surface area (Å²) in [5.74, 6) is -0.111. The molecule has 0 aromatic rings. The van der Waals surface area contributed by atoms with Crippen molar-refractivity contribution >= 4 is 27.8 Å². The van der Waals surface area contributed by atoms with E-state index in [9.17, 15) is 14.1 Å². The van der Waals surface area contributed by atoms with Gasteiger partial charge in [-0.3, -0.25) is 9.74 Å². The third-order valence-corrected chi connectivity index (χ3v) is 5.51. The minimum absolute atomic E-state index is 0.000471. The third kappa shape index (κ3) is 3.42. The first-order valence-corrected chi connectivity index (χ1v) is 9.29. The fraction of sp³-hybridized carbons (Fsp3) is 0.444. The van der Waals surface area contributed by atoms with Crippen LogP contribution in [0.5, 0.6) is 0 Å². The lowest BCUT2D eigenvalue weighted by Gasteiger charge is -2.37. The molecule has 1 saturated heterocycles. The zero-order valence-electron chi connectivity index (χ0n) is 13.9. The molecule has 1 aliphatic heterocycles. The highest BCUT2D eigenvalue weighted by molar-refractivity contribution is 9.09. The summed E-state index contributed by atoms with van der Waals surface area (Å²) in [6.45, 7) is 0.579. The number of ether oxygens (including phenoxy) is 1. The smallest absolute Gasteiger partial charge is 0.334 e. The van der Waals surface area contributed by atoms with Crippen LogP contribution in [0.15, 0.2) is 46.4 Å². The van der Waals surface area contributed by atoms with Crippen molar-refractivity contribution in [2.75, 3.05) is 19.0 Å². The Morgan fingerprint density at radius 3 is 2.88 bits per heavy atom. The maximum atomic E-state index is 12.9. The number of amides is 1. The topological polar surface area (TPSA) is 55.8 Å². The van der Waals surface area contributed by atoms with E-state index in [-0.39, 0.29) is 23.6 Å². The molecule has 7 heteroatoms. The SMILES string of the molecule is COC(=O)C1=C(CBr)C=C(N2CCC3CC(OF)=CC=C3C2=O)CC1. The summed E-state index contributed by atoms with van der Waals surface area (Å²) in [7, 11) is 1.37. The number of likely N-dealkylation sites (tertiary alicyclic amines) is 1. The van der Waals surface area contributed by atoms with Gasteiger partial charge in [-0.25, -0.2) is 4.79 Å². The Kier molecular flexibility index (Phi) is 5.42. The molecule has 1 amide bonds. The third-order valence-electron chi connectivity index (χ3n) is 4.91. The number of nitrogens with zero attached hydrogens (tertiary/aromatic N) is 1. The fourth-order valence-corrected chi connectivity index (χ4v) is 4.08. The standard InChI is InChI=1S/C18H19BrFNO4/c1-24-18(23)16-4-2-13(8-12(16)10-19)21-7-6-11-9-14(25-20)3-5-15(11)17(21)22/h3,5,8,11H,2,4,6-7,9-10H2,1H3. The predicted octanol–water partition coefficient (Wildman–Crippen LogP) is 3.49. The van der Waals surface area contributed by atoms with Gasteiger partial charge in [0.25, 0.3) is 5.91 Å². The number of esters is 1. The lowest BCUT2D eigenvalue weighted by atomic mass is 9.83. The highest BCUT2D eigenvalue weighted by atomic mass is 79.9. The summed E-state index contributed by atoms with van der Waals surface area (Å²) >= 11 is 3.40. The first-order valence-electron chi connectivity index (χ1n) is 8.17. The van der Waals surface area contributed by atoms with Crippen LogP contribution in [0.3, 0.4) is 0 Å². The van der Waals surface area contributed by atoms with Crippen LogP contribution in [-0.4, -0.2) is 35.8 Å². The van der Waals surface area contributed by atoms with Crippen molar-refractivity contribution in [2.24, 2.45) is 5.92 Å². The van der Waals surface area contributed by atoms with Crippen LogP contribution >= 0.6 is 15.9 Å². The molecular formula is C18H19BrFNO4. The summed E-state index contributed by atoms with van der Waals surface area (Å²) < 4.78 is 17.2. The van der Waals surface area contributed by atoms with Crippen molar-refractivity contribution in [2.45, 2.75) is 25.7 Å². The number of alkyl halides is 1. The van der Waals surface area contributed by atoms with Crippen molar-refractivity contribution in [1.82, 2.24) is 4.90 Å². The Labute approximate surface area is 153 Å². The Bertz CT molecular complexity index is 723. The average molecular weight is 412 g/mol.